The molecule has 120 valence electrons. The highest BCUT2D eigenvalue weighted by molar-refractivity contribution is 5.72. The highest BCUT2D eigenvalue weighted by Crippen LogP contribution is 2.17. The maximum atomic E-state index is 11.6. The van der Waals surface area contributed by atoms with Crippen LogP contribution in [0, 0.1) is 5.92 Å². The normalized spacial score (nSPS) is 12.3. The summed E-state index contributed by atoms with van der Waals surface area (Å²) in [6.45, 7) is 6.73. The first-order valence-electron chi connectivity index (χ1n) is 8.92. The molecule has 0 aromatic carbocycles. The quantitative estimate of drug-likeness (QED) is 0.294. The zero-order chi connectivity index (χ0) is 15.1. The van der Waals surface area contributed by atoms with E-state index in [1.165, 1.54) is 64.2 Å². The van der Waals surface area contributed by atoms with E-state index >= 15 is 0 Å². The SMILES string of the molecule is CCCCCCCCCCCCC(CC)C(=O)OCC. The lowest BCUT2D eigenvalue weighted by molar-refractivity contribution is -0.148. The molecule has 0 aromatic rings. The van der Waals surface area contributed by atoms with Crippen LogP contribution in [0.2, 0.25) is 0 Å². The van der Waals surface area contributed by atoms with Gasteiger partial charge in [-0.15, -0.1) is 0 Å². The third-order valence-electron chi connectivity index (χ3n) is 4.02. The predicted octanol–water partition coefficient (Wildman–Crippen LogP) is 5.89. The van der Waals surface area contributed by atoms with E-state index in [1.54, 1.807) is 0 Å². The molecular formula is C18H36O2. The third-order valence-corrected chi connectivity index (χ3v) is 4.02. The van der Waals surface area contributed by atoms with Crippen LogP contribution < -0.4 is 0 Å². The molecule has 2 nitrogen and oxygen atoms in total. The van der Waals surface area contributed by atoms with Crippen LogP contribution in [-0.2, 0) is 9.53 Å². The van der Waals surface area contributed by atoms with Gasteiger partial charge in [-0.3, -0.25) is 4.79 Å². The number of carbonyl (C=O) groups is 1. The number of hydrogen-bond acceptors (Lipinski definition) is 2. The number of carbonyl (C=O) groups excluding carboxylic acids is 1. The van der Waals surface area contributed by atoms with Crippen molar-refractivity contribution in [2.45, 2.75) is 97.8 Å². The van der Waals surface area contributed by atoms with Gasteiger partial charge in [-0.05, 0) is 19.8 Å². The topological polar surface area (TPSA) is 26.3 Å². The second-order valence-corrected chi connectivity index (χ2v) is 5.83. The molecule has 0 aromatic heterocycles. The molecule has 0 aliphatic rings. The van der Waals surface area contributed by atoms with Crippen LogP contribution >= 0.6 is 0 Å². The summed E-state index contributed by atoms with van der Waals surface area (Å²) < 4.78 is 5.10. The smallest absolute Gasteiger partial charge is 0.308 e. The molecule has 0 saturated carbocycles. The summed E-state index contributed by atoms with van der Waals surface area (Å²) in [5.74, 6) is 0.134. The molecule has 0 aliphatic carbocycles. The van der Waals surface area contributed by atoms with Crippen LogP contribution in [0.3, 0.4) is 0 Å². The van der Waals surface area contributed by atoms with Crippen molar-refractivity contribution in [2.24, 2.45) is 5.92 Å². The molecule has 0 fully saturated rings. The lowest BCUT2D eigenvalue weighted by atomic mass is 9.98. The van der Waals surface area contributed by atoms with Gasteiger partial charge in [-0.25, -0.2) is 0 Å². The first kappa shape index (κ1) is 19.5. The maximum absolute atomic E-state index is 11.6. The van der Waals surface area contributed by atoms with Crippen LogP contribution in [0.25, 0.3) is 0 Å². The summed E-state index contributed by atoms with van der Waals surface area (Å²) in [5, 5.41) is 0. The Hall–Kier alpha value is -0.530. The van der Waals surface area contributed by atoms with Crippen LogP contribution in [-0.4, -0.2) is 12.6 Å². The zero-order valence-corrected chi connectivity index (χ0v) is 14.1. The van der Waals surface area contributed by atoms with Crippen molar-refractivity contribution >= 4 is 5.97 Å². The van der Waals surface area contributed by atoms with Crippen LogP contribution in [0.5, 0.6) is 0 Å². The van der Waals surface area contributed by atoms with E-state index in [0.717, 1.165) is 12.8 Å². The Morgan fingerprint density at radius 2 is 1.30 bits per heavy atom. The van der Waals surface area contributed by atoms with Crippen molar-refractivity contribution in [1.82, 2.24) is 0 Å². The lowest BCUT2D eigenvalue weighted by Gasteiger charge is -2.13. The minimum absolute atomic E-state index is 0.00549. The fourth-order valence-electron chi connectivity index (χ4n) is 2.63. The summed E-state index contributed by atoms with van der Waals surface area (Å²) in [7, 11) is 0. The standard InChI is InChI=1S/C18H36O2/c1-4-7-8-9-10-11-12-13-14-15-16-17(5-2)18(19)20-6-3/h17H,4-16H2,1-3H3. The highest BCUT2D eigenvalue weighted by atomic mass is 16.5. The Labute approximate surface area is 126 Å². The maximum Gasteiger partial charge on any atom is 0.308 e. The monoisotopic (exact) mass is 284 g/mol. The summed E-state index contributed by atoms with van der Waals surface area (Å²) in [6, 6.07) is 0. The summed E-state index contributed by atoms with van der Waals surface area (Å²) in [6.07, 6.45) is 15.4. The number of unbranched alkanes of at least 4 members (excludes halogenated alkanes) is 9. The Balaban J connectivity index is 3.35. The number of rotatable bonds is 14. The van der Waals surface area contributed by atoms with Gasteiger partial charge in [0, 0.05) is 0 Å². The number of ether oxygens (including phenoxy) is 1. The van der Waals surface area contributed by atoms with E-state index in [9.17, 15) is 4.79 Å². The van der Waals surface area contributed by atoms with Crippen LogP contribution in [0.15, 0.2) is 0 Å². The van der Waals surface area contributed by atoms with E-state index in [2.05, 4.69) is 13.8 Å². The van der Waals surface area contributed by atoms with Crippen LogP contribution in [0.4, 0.5) is 0 Å². The summed E-state index contributed by atoms with van der Waals surface area (Å²) >= 11 is 0. The average Bonchev–Trinajstić information content (AvgIpc) is 2.45. The molecule has 0 radical (unpaired) electrons. The van der Waals surface area contributed by atoms with Crippen molar-refractivity contribution in [3.8, 4) is 0 Å². The van der Waals surface area contributed by atoms with E-state index in [4.69, 9.17) is 4.74 Å². The molecule has 20 heavy (non-hydrogen) atoms. The molecule has 2 heteroatoms. The predicted molar refractivity (Wildman–Crippen MR) is 86.9 cm³/mol. The highest BCUT2D eigenvalue weighted by Gasteiger charge is 2.16. The second kappa shape index (κ2) is 14.9. The van der Waals surface area contributed by atoms with E-state index in [0.29, 0.717) is 6.61 Å². The molecule has 1 unspecified atom stereocenters. The molecule has 0 N–H and O–H groups in total. The third kappa shape index (κ3) is 11.3. The van der Waals surface area contributed by atoms with Crippen molar-refractivity contribution < 1.29 is 9.53 Å². The van der Waals surface area contributed by atoms with Gasteiger partial charge in [-0.2, -0.15) is 0 Å². The van der Waals surface area contributed by atoms with Gasteiger partial charge in [0.1, 0.15) is 0 Å². The fourth-order valence-corrected chi connectivity index (χ4v) is 2.63. The minimum atomic E-state index is 0.00549. The first-order chi connectivity index (χ1) is 9.76. The molecule has 0 rings (SSSR count). The first-order valence-corrected chi connectivity index (χ1v) is 8.92. The lowest BCUT2D eigenvalue weighted by Crippen LogP contribution is -2.16. The van der Waals surface area contributed by atoms with Crippen molar-refractivity contribution in [1.29, 1.82) is 0 Å². The summed E-state index contributed by atoms with van der Waals surface area (Å²) in [5.41, 5.74) is 0. The van der Waals surface area contributed by atoms with E-state index in [-0.39, 0.29) is 11.9 Å². The van der Waals surface area contributed by atoms with Crippen molar-refractivity contribution in [2.75, 3.05) is 6.61 Å². The van der Waals surface area contributed by atoms with Gasteiger partial charge in [-0.1, -0.05) is 78.1 Å². The number of esters is 1. The van der Waals surface area contributed by atoms with Gasteiger partial charge in [0.05, 0.1) is 12.5 Å². The minimum Gasteiger partial charge on any atom is -0.466 e. The largest absolute Gasteiger partial charge is 0.466 e. The molecule has 1 atom stereocenters. The molecule has 0 bridgehead atoms. The van der Waals surface area contributed by atoms with Gasteiger partial charge in [0.15, 0.2) is 0 Å². The molecular weight excluding hydrogens is 248 g/mol. The van der Waals surface area contributed by atoms with E-state index < -0.39 is 0 Å². The Bertz CT molecular complexity index is 213. The number of hydrogen-bond donors (Lipinski definition) is 0. The van der Waals surface area contributed by atoms with Crippen molar-refractivity contribution in [3.05, 3.63) is 0 Å². The van der Waals surface area contributed by atoms with Crippen LogP contribution in [0.1, 0.15) is 97.8 Å². The Kier molecular flexibility index (Phi) is 14.5. The Morgan fingerprint density at radius 3 is 1.75 bits per heavy atom. The van der Waals surface area contributed by atoms with Gasteiger partial charge < -0.3 is 4.74 Å². The molecule has 0 aliphatic heterocycles. The molecule has 0 amide bonds. The van der Waals surface area contributed by atoms with Gasteiger partial charge >= 0.3 is 5.97 Å². The van der Waals surface area contributed by atoms with Gasteiger partial charge in [0.2, 0.25) is 0 Å². The van der Waals surface area contributed by atoms with Gasteiger partial charge in [0.25, 0.3) is 0 Å². The van der Waals surface area contributed by atoms with Crippen molar-refractivity contribution in [3.63, 3.8) is 0 Å². The Morgan fingerprint density at radius 1 is 0.800 bits per heavy atom. The fraction of sp³-hybridized carbons (Fsp3) is 0.944. The zero-order valence-electron chi connectivity index (χ0n) is 14.1. The summed E-state index contributed by atoms with van der Waals surface area (Å²) in [4.78, 5) is 11.6. The molecule has 0 spiro atoms. The molecule has 0 heterocycles. The van der Waals surface area contributed by atoms with E-state index in [1.807, 2.05) is 6.92 Å². The molecule has 0 saturated heterocycles. The average molecular weight is 284 g/mol. The second-order valence-electron chi connectivity index (χ2n) is 5.83.